The van der Waals surface area contributed by atoms with Crippen molar-refractivity contribution in [1.82, 2.24) is 0 Å². The van der Waals surface area contributed by atoms with Crippen molar-refractivity contribution in [1.29, 1.82) is 0 Å². The van der Waals surface area contributed by atoms with Gasteiger partial charge in [-0.2, -0.15) is 0 Å². The van der Waals surface area contributed by atoms with Crippen molar-refractivity contribution in [2.75, 3.05) is 9.96 Å². The number of para-hydroxylation sites is 1. The third kappa shape index (κ3) is 3.88. The van der Waals surface area contributed by atoms with Gasteiger partial charge in [0.2, 0.25) is 5.91 Å². The lowest BCUT2D eigenvalue weighted by Gasteiger charge is -2.29. The fourth-order valence-corrected chi connectivity index (χ4v) is 4.37. The Kier molecular flexibility index (Phi) is 5.28. The Labute approximate surface area is 193 Å². The van der Waals surface area contributed by atoms with Crippen molar-refractivity contribution < 1.29 is 32.3 Å². The number of carbonyl (C=O) groups excluding carboxylic acids is 2. The molecule has 2 fully saturated rings. The number of imide groups is 1. The zero-order valence-corrected chi connectivity index (χ0v) is 17.9. The van der Waals surface area contributed by atoms with E-state index in [-0.39, 0.29) is 5.75 Å². The second kappa shape index (κ2) is 8.18. The van der Waals surface area contributed by atoms with Crippen molar-refractivity contribution in [2.45, 2.75) is 25.4 Å². The zero-order chi connectivity index (χ0) is 24.0. The summed E-state index contributed by atoms with van der Waals surface area (Å²) >= 11 is 0. The number of anilines is 2. The summed E-state index contributed by atoms with van der Waals surface area (Å²) in [4.78, 5) is 33.9. The SMILES string of the molecule is Cc1ccc(N2C(=O)[C@H]3[C@@H](ON(c4ccccc4)[C@H]3c3ccc(OC(F)(F)F)cc3)C2=O)cc1. The number of fused-ring (bicyclic) bond motifs is 1. The van der Waals surface area contributed by atoms with E-state index in [1.807, 2.05) is 13.0 Å². The number of nitrogens with zero attached hydrogens (tertiary/aromatic N) is 2. The quantitative estimate of drug-likeness (QED) is 0.508. The molecule has 2 saturated heterocycles. The van der Waals surface area contributed by atoms with Crippen molar-refractivity contribution in [3.05, 3.63) is 90.0 Å². The molecule has 0 saturated carbocycles. The number of benzene rings is 3. The molecular weight excluding hydrogens is 449 g/mol. The third-order valence-corrected chi connectivity index (χ3v) is 5.87. The topological polar surface area (TPSA) is 59.1 Å². The van der Waals surface area contributed by atoms with Crippen LogP contribution in [0, 0.1) is 12.8 Å². The van der Waals surface area contributed by atoms with Crippen LogP contribution in [0.15, 0.2) is 78.9 Å². The maximum absolute atomic E-state index is 13.5. The van der Waals surface area contributed by atoms with E-state index in [4.69, 9.17) is 4.84 Å². The minimum Gasteiger partial charge on any atom is -0.406 e. The number of ether oxygens (including phenoxy) is 1. The number of halogens is 3. The fraction of sp³-hybridized carbons (Fsp3) is 0.200. The number of carbonyl (C=O) groups is 2. The highest BCUT2D eigenvalue weighted by molar-refractivity contribution is 6.23. The lowest BCUT2D eigenvalue weighted by atomic mass is 9.90. The standard InChI is InChI=1S/C25H19F3N2O4/c1-15-7-11-17(12-8-15)29-23(31)20-21(16-9-13-19(14-10-16)33-25(26,27)28)30(34-22(20)24(29)32)18-5-3-2-4-6-18/h2-14,20-22H,1H3/t20-,21+,22-/m1/s1. The first-order chi connectivity index (χ1) is 16.2. The molecule has 2 heterocycles. The van der Waals surface area contributed by atoms with Crippen molar-refractivity contribution in [2.24, 2.45) is 5.92 Å². The summed E-state index contributed by atoms with van der Waals surface area (Å²) in [5.41, 5.74) is 2.55. The van der Waals surface area contributed by atoms with E-state index in [0.717, 1.165) is 10.5 Å². The maximum Gasteiger partial charge on any atom is 0.573 e. The third-order valence-electron chi connectivity index (χ3n) is 5.87. The molecule has 0 N–H and O–H groups in total. The van der Waals surface area contributed by atoms with E-state index in [2.05, 4.69) is 4.74 Å². The molecule has 0 radical (unpaired) electrons. The Hall–Kier alpha value is -3.85. The van der Waals surface area contributed by atoms with Gasteiger partial charge < -0.3 is 4.74 Å². The van der Waals surface area contributed by atoms with Crippen LogP contribution in [0.3, 0.4) is 0 Å². The van der Waals surface area contributed by atoms with Gasteiger partial charge in [0.05, 0.1) is 17.4 Å². The summed E-state index contributed by atoms with van der Waals surface area (Å²) in [6.07, 6.45) is -5.88. The lowest BCUT2D eigenvalue weighted by molar-refractivity contribution is -0.274. The summed E-state index contributed by atoms with van der Waals surface area (Å²) in [5, 5.41) is 1.48. The highest BCUT2D eigenvalue weighted by Gasteiger charge is 2.60. The average molecular weight is 468 g/mol. The van der Waals surface area contributed by atoms with Gasteiger partial charge in [-0.05, 0) is 48.9 Å². The minimum atomic E-state index is -4.82. The van der Waals surface area contributed by atoms with Gasteiger partial charge in [-0.1, -0.05) is 48.0 Å². The van der Waals surface area contributed by atoms with Gasteiger partial charge in [0, 0.05) is 0 Å². The first-order valence-corrected chi connectivity index (χ1v) is 10.5. The highest BCUT2D eigenvalue weighted by atomic mass is 19.4. The normalized spacial score (nSPS) is 22.3. The Morgan fingerprint density at radius 2 is 1.47 bits per heavy atom. The Balaban J connectivity index is 1.53. The number of hydrogen-bond donors (Lipinski definition) is 0. The van der Waals surface area contributed by atoms with Gasteiger partial charge in [0.15, 0.2) is 6.10 Å². The molecule has 0 spiro atoms. The molecule has 2 aliphatic heterocycles. The second-order valence-corrected chi connectivity index (χ2v) is 8.12. The van der Waals surface area contributed by atoms with Crippen molar-refractivity contribution in [3.63, 3.8) is 0 Å². The van der Waals surface area contributed by atoms with Crippen LogP contribution in [0.2, 0.25) is 0 Å². The molecule has 0 bridgehead atoms. The lowest BCUT2D eigenvalue weighted by Crippen LogP contribution is -2.37. The molecule has 3 aromatic carbocycles. The molecule has 0 unspecified atom stereocenters. The molecule has 5 rings (SSSR count). The van der Waals surface area contributed by atoms with Gasteiger partial charge >= 0.3 is 6.36 Å². The molecular formula is C25H19F3N2O4. The van der Waals surface area contributed by atoms with Crippen LogP contribution in [0.5, 0.6) is 5.75 Å². The van der Waals surface area contributed by atoms with E-state index in [9.17, 15) is 22.8 Å². The molecule has 2 aliphatic rings. The number of hydrogen-bond acceptors (Lipinski definition) is 5. The first kappa shape index (κ1) is 22.0. The highest BCUT2D eigenvalue weighted by Crippen LogP contribution is 2.47. The maximum atomic E-state index is 13.5. The van der Waals surface area contributed by atoms with Crippen LogP contribution >= 0.6 is 0 Å². The summed E-state index contributed by atoms with van der Waals surface area (Å²) in [6.45, 7) is 1.90. The smallest absolute Gasteiger partial charge is 0.406 e. The zero-order valence-electron chi connectivity index (χ0n) is 17.9. The van der Waals surface area contributed by atoms with Gasteiger partial charge in [0.25, 0.3) is 5.91 Å². The largest absolute Gasteiger partial charge is 0.573 e. The summed E-state index contributed by atoms with van der Waals surface area (Å²) < 4.78 is 41.7. The van der Waals surface area contributed by atoms with Crippen molar-refractivity contribution in [3.8, 4) is 5.75 Å². The summed E-state index contributed by atoms with van der Waals surface area (Å²) in [6, 6.07) is 20.4. The van der Waals surface area contributed by atoms with Crippen molar-refractivity contribution >= 4 is 23.2 Å². The van der Waals surface area contributed by atoms with Crippen LogP contribution in [0.4, 0.5) is 24.5 Å². The summed E-state index contributed by atoms with van der Waals surface area (Å²) in [7, 11) is 0. The Morgan fingerprint density at radius 1 is 0.824 bits per heavy atom. The molecule has 174 valence electrons. The monoisotopic (exact) mass is 468 g/mol. The van der Waals surface area contributed by atoms with E-state index in [1.54, 1.807) is 48.5 Å². The number of alkyl halides is 3. The molecule has 3 atom stereocenters. The Morgan fingerprint density at radius 3 is 2.09 bits per heavy atom. The van der Waals surface area contributed by atoms with Gasteiger partial charge in [-0.15, -0.1) is 13.2 Å². The van der Waals surface area contributed by atoms with E-state index < -0.39 is 36.2 Å². The van der Waals surface area contributed by atoms with E-state index in [1.165, 1.54) is 29.3 Å². The average Bonchev–Trinajstić information content (AvgIpc) is 3.31. The van der Waals surface area contributed by atoms with Gasteiger partial charge in [-0.3, -0.25) is 14.4 Å². The molecule has 9 heteroatoms. The second-order valence-electron chi connectivity index (χ2n) is 8.12. The van der Waals surface area contributed by atoms with Crippen LogP contribution < -0.4 is 14.7 Å². The van der Waals surface area contributed by atoms with Gasteiger partial charge in [-0.25, -0.2) is 9.96 Å². The molecule has 34 heavy (non-hydrogen) atoms. The molecule has 6 nitrogen and oxygen atoms in total. The number of aryl methyl sites for hydroxylation is 1. The Bertz CT molecular complexity index is 1210. The van der Waals surface area contributed by atoms with Crippen LogP contribution in [-0.2, 0) is 14.4 Å². The number of hydroxylamine groups is 1. The van der Waals surface area contributed by atoms with Crippen LogP contribution in [0.1, 0.15) is 17.2 Å². The molecule has 0 aliphatic carbocycles. The number of amides is 2. The molecule has 3 aromatic rings. The summed E-state index contributed by atoms with van der Waals surface area (Å²) in [5.74, 6) is -2.19. The first-order valence-electron chi connectivity index (χ1n) is 10.5. The predicted octanol–water partition coefficient (Wildman–Crippen LogP) is 4.94. The fourth-order valence-electron chi connectivity index (χ4n) is 4.37. The van der Waals surface area contributed by atoms with Gasteiger partial charge in [0.1, 0.15) is 11.7 Å². The predicted molar refractivity (Wildman–Crippen MR) is 117 cm³/mol. The van der Waals surface area contributed by atoms with E-state index in [0.29, 0.717) is 16.9 Å². The number of rotatable bonds is 4. The van der Waals surface area contributed by atoms with E-state index >= 15 is 0 Å². The van der Waals surface area contributed by atoms with Crippen LogP contribution in [-0.4, -0.2) is 24.3 Å². The molecule has 0 aromatic heterocycles. The minimum absolute atomic E-state index is 0.381. The van der Waals surface area contributed by atoms with Crippen LogP contribution in [0.25, 0.3) is 0 Å². The molecule has 2 amide bonds.